The highest BCUT2D eigenvalue weighted by Gasteiger charge is 2.09. The van der Waals surface area contributed by atoms with Crippen molar-refractivity contribution in [3.8, 4) is 0 Å². The van der Waals surface area contributed by atoms with Crippen LogP contribution >= 0.6 is 0 Å². The molecule has 0 aromatic carbocycles. The Bertz CT molecular complexity index is 536. The highest BCUT2D eigenvalue weighted by molar-refractivity contribution is 5.29. The van der Waals surface area contributed by atoms with E-state index in [1.807, 2.05) is 18.5 Å². The molecule has 2 aromatic rings. The van der Waals surface area contributed by atoms with Crippen LogP contribution in [0.2, 0.25) is 0 Å². The summed E-state index contributed by atoms with van der Waals surface area (Å²) in [4.78, 5) is 8.57. The van der Waals surface area contributed by atoms with Gasteiger partial charge in [0.1, 0.15) is 12.4 Å². The van der Waals surface area contributed by atoms with Crippen LogP contribution in [0.25, 0.3) is 0 Å². The number of anilines is 1. The SMILES string of the molecule is Cc1cc(N)nc(Cn2nc(C)c(C)c2C)n1. The lowest BCUT2D eigenvalue weighted by Crippen LogP contribution is -2.09. The molecule has 2 rings (SSSR count). The molecule has 0 aliphatic rings. The molecule has 2 heterocycles. The molecule has 2 aromatic heterocycles. The molecule has 0 saturated carbocycles. The van der Waals surface area contributed by atoms with Crippen LogP contribution in [0, 0.1) is 27.7 Å². The summed E-state index contributed by atoms with van der Waals surface area (Å²) in [5.74, 6) is 1.21. The van der Waals surface area contributed by atoms with Gasteiger partial charge in [0, 0.05) is 17.5 Å². The average Bonchev–Trinajstić information content (AvgIpc) is 2.45. The van der Waals surface area contributed by atoms with E-state index in [0.29, 0.717) is 18.2 Å². The largest absolute Gasteiger partial charge is 0.384 e. The Morgan fingerprint density at radius 1 is 1.18 bits per heavy atom. The van der Waals surface area contributed by atoms with Crippen molar-refractivity contribution in [3.05, 3.63) is 34.5 Å². The summed E-state index contributed by atoms with van der Waals surface area (Å²) >= 11 is 0. The van der Waals surface area contributed by atoms with Gasteiger partial charge in [-0.15, -0.1) is 0 Å². The van der Waals surface area contributed by atoms with Gasteiger partial charge in [-0.25, -0.2) is 9.97 Å². The Labute approximate surface area is 101 Å². The number of aromatic nitrogens is 4. The van der Waals surface area contributed by atoms with E-state index in [1.54, 1.807) is 6.07 Å². The first kappa shape index (κ1) is 11.6. The van der Waals surface area contributed by atoms with E-state index in [1.165, 1.54) is 5.56 Å². The Hall–Kier alpha value is -1.91. The van der Waals surface area contributed by atoms with E-state index in [4.69, 9.17) is 5.73 Å². The molecular formula is C12H17N5. The molecule has 90 valence electrons. The number of hydrogen-bond donors (Lipinski definition) is 1. The molecule has 0 radical (unpaired) electrons. The third-order valence-corrected chi connectivity index (χ3v) is 2.95. The molecular weight excluding hydrogens is 214 g/mol. The molecule has 5 nitrogen and oxygen atoms in total. The first-order valence-electron chi connectivity index (χ1n) is 5.58. The van der Waals surface area contributed by atoms with Gasteiger partial charge in [-0.05, 0) is 33.3 Å². The fourth-order valence-electron chi connectivity index (χ4n) is 1.80. The van der Waals surface area contributed by atoms with E-state index in [-0.39, 0.29) is 0 Å². The fraction of sp³-hybridized carbons (Fsp3) is 0.417. The zero-order chi connectivity index (χ0) is 12.6. The van der Waals surface area contributed by atoms with E-state index >= 15 is 0 Å². The quantitative estimate of drug-likeness (QED) is 0.851. The van der Waals surface area contributed by atoms with Crippen LogP contribution in [0.5, 0.6) is 0 Å². The third-order valence-electron chi connectivity index (χ3n) is 2.95. The second-order valence-electron chi connectivity index (χ2n) is 4.30. The summed E-state index contributed by atoms with van der Waals surface area (Å²) < 4.78 is 1.92. The van der Waals surface area contributed by atoms with E-state index < -0.39 is 0 Å². The summed E-state index contributed by atoms with van der Waals surface area (Å²) in [6, 6.07) is 1.76. The number of nitrogens with two attached hydrogens (primary N) is 1. The molecule has 0 amide bonds. The van der Waals surface area contributed by atoms with E-state index in [0.717, 1.165) is 17.1 Å². The fourth-order valence-corrected chi connectivity index (χ4v) is 1.80. The average molecular weight is 231 g/mol. The zero-order valence-corrected chi connectivity index (χ0v) is 10.7. The monoisotopic (exact) mass is 231 g/mol. The van der Waals surface area contributed by atoms with Gasteiger partial charge in [0.2, 0.25) is 0 Å². The molecule has 0 bridgehead atoms. The Kier molecular flexibility index (Phi) is 2.83. The van der Waals surface area contributed by atoms with Crippen molar-refractivity contribution in [2.75, 3.05) is 5.73 Å². The molecule has 0 aliphatic heterocycles. The van der Waals surface area contributed by atoms with Crippen molar-refractivity contribution < 1.29 is 0 Å². The molecule has 0 fully saturated rings. The van der Waals surface area contributed by atoms with Crippen LogP contribution in [0.4, 0.5) is 5.82 Å². The van der Waals surface area contributed by atoms with Gasteiger partial charge in [0.05, 0.1) is 5.69 Å². The van der Waals surface area contributed by atoms with Crippen molar-refractivity contribution in [2.24, 2.45) is 0 Å². The van der Waals surface area contributed by atoms with Crippen LogP contribution in [0.3, 0.4) is 0 Å². The standard InChI is InChI=1S/C12H17N5/c1-7-5-11(13)15-12(14-7)6-17-10(4)8(2)9(3)16-17/h5H,6H2,1-4H3,(H2,13,14,15). The van der Waals surface area contributed by atoms with Gasteiger partial charge in [-0.1, -0.05) is 0 Å². The van der Waals surface area contributed by atoms with E-state index in [9.17, 15) is 0 Å². The van der Waals surface area contributed by atoms with Crippen molar-refractivity contribution in [1.29, 1.82) is 0 Å². The van der Waals surface area contributed by atoms with Gasteiger partial charge < -0.3 is 5.73 Å². The number of aryl methyl sites for hydroxylation is 2. The minimum absolute atomic E-state index is 0.505. The lowest BCUT2D eigenvalue weighted by Gasteiger charge is -2.05. The number of rotatable bonds is 2. The first-order chi connectivity index (χ1) is 7.97. The summed E-state index contributed by atoms with van der Waals surface area (Å²) in [6.07, 6.45) is 0. The van der Waals surface area contributed by atoms with E-state index in [2.05, 4.69) is 28.9 Å². The molecule has 2 N–H and O–H groups in total. The van der Waals surface area contributed by atoms with Crippen molar-refractivity contribution >= 4 is 5.82 Å². The predicted molar refractivity (Wildman–Crippen MR) is 66.7 cm³/mol. The van der Waals surface area contributed by atoms with Gasteiger partial charge >= 0.3 is 0 Å². The molecule has 0 unspecified atom stereocenters. The Morgan fingerprint density at radius 3 is 2.41 bits per heavy atom. The second kappa shape index (κ2) is 4.16. The highest BCUT2D eigenvalue weighted by atomic mass is 15.3. The van der Waals surface area contributed by atoms with Gasteiger partial charge in [-0.2, -0.15) is 5.10 Å². The van der Waals surface area contributed by atoms with Crippen molar-refractivity contribution in [3.63, 3.8) is 0 Å². The van der Waals surface area contributed by atoms with Crippen LogP contribution in [-0.2, 0) is 6.54 Å². The summed E-state index contributed by atoms with van der Waals surface area (Å²) in [5.41, 5.74) is 9.99. The summed E-state index contributed by atoms with van der Waals surface area (Å²) in [6.45, 7) is 8.60. The Morgan fingerprint density at radius 2 is 1.88 bits per heavy atom. The maximum atomic E-state index is 5.71. The third kappa shape index (κ3) is 2.27. The molecule has 0 spiro atoms. The summed E-state index contributed by atoms with van der Waals surface area (Å²) in [7, 11) is 0. The first-order valence-corrected chi connectivity index (χ1v) is 5.58. The topological polar surface area (TPSA) is 69.6 Å². The number of nitrogen functional groups attached to an aromatic ring is 1. The minimum Gasteiger partial charge on any atom is -0.384 e. The van der Waals surface area contributed by atoms with Crippen LogP contribution < -0.4 is 5.73 Å². The van der Waals surface area contributed by atoms with Crippen molar-refractivity contribution in [2.45, 2.75) is 34.2 Å². The summed E-state index contributed by atoms with van der Waals surface area (Å²) in [5, 5.41) is 4.46. The molecule has 0 saturated heterocycles. The van der Waals surface area contributed by atoms with Gasteiger partial charge in [0.25, 0.3) is 0 Å². The van der Waals surface area contributed by atoms with Crippen LogP contribution in [-0.4, -0.2) is 19.7 Å². The lowest BCUT2D eigenvalue weighted by atomic mass is 10.2. The van der Waals surface area contributed by atoms with Crippen LogP contribution in [0.1, 0.15) is 28.5 Å². The molecule has 5 heteroatoms. The van der Waals surface area contributed by atoms with Gasteiger partial charge in [-0.3, -0.25) is 4.68 Å². The maximum absolute atomic E-state index is 5.71. The van der Waals surface area contributed by atoms with Crippen molar-refractivity contribution in [1.82, 2.24) is 19.7 Å². The highest BCUT2D eigenvalue weighted by Crippen LogP contribution is 2.12. The molecule has 0 atom stereocenters. The molecule has 17 heavy (non-hydrogen) atoms. The smallest absolute Gasteiger partial charge is 0.152 e. The van der Waals surface area contributed by atoms with Crippen LogP contribution in [0.15, 0.2) is 6.07 Å². The Balaban J connectivity index is 2.34. The zero-order valence-electron chi connectivity index (χ0n) is 10.7. The second-order valence-corrected chi connectivity index (χ2v) is 4.30. The predicted octanol–water partition coefficient (Wildman–Crippen LogP) is 1.54. The lowest BCUT2D eigenvalue weighted by molar-refractivity contribution is 0.630. The maximum Gasteiger partial charge on any atom is 0.152 e. The number of nitrogens with zero attached hydrogens (tertiary/aromatic N) is 4. The van der Waals surface area contributed by atoms with Gasteiger partial charge in [0.15, 0.2) is 5.82 Å². The minimum atomic E-state index is 0.505. The molecule has 0 aliphatic carbocycles. The number of hydrogen-bond acceptors (Lipinski definition) is 4. The normalized spacial score (nSPS) is 10.8.